The zero-order valence-corrected chi connectivity index (χ0v) is 20.3. The van der Waals surface area contributed by atoms with Crippen molar-refractivity contribution in [1.82, 2.24) is 8.87 Å². The van der Waals surface area contributed by atoms with Crippen LogP contribution in [0.2, 0.25) is 0 Å². The number of thioether (sulfide) groups is 1. The van der Waals surface area contributed by atoms with Gasteiger partial charge >= 0.3 is 0 Å². The van der Waals surface area contributed by atoms with Crippen LogP contribution in [-0.4, -0.2) is 42.5 Å². The minimum atomic E-state index is -3.56. The van der Waals surface area contributed by atoms with E-state index in [4.69, 9.17) is 0 Å². The van der Waals surface area contributed by atoms with Gasteiger partial charge in [0.25, 0.3) is 15.9 Å². The lowest BCUT2D eigenvalue weighted by atomic mass is 9.99. The van der Waals surface area contributed by atoms with Gasteiger partial charge in [0.15, 0.2) is 4.80 Å². The molecule has 2 aromatic heterocycles. The number of fused-ring (bicyclic) bond motifs is 1. The van der Waals surface area contributed by atoms with Crippen LogP contribution < -0.4 is 4.80 Å². The molecule has 1 fully saturated rings. The third kappa shape index (κ3) is 4.58. The van der Waals surface area contributed by atoms with Crippen molar-refractivity contribution >= 4 is 60.6 Å². The van der Waals surface area contributed by atoms with Gasteiger partial charge in [-0.2, -0.15) is 9.30 Å². The van der Waals surface area contributed by atoms with Crippen LogP contribution >= 0.6 is 34.4 Å². The number of benzene rings is 1. The lowest BCUT2D eigenvalue weighted by molar-refractivity contribution is -0.122. The summed E-state index contributed by atoms with van der Waals surface area (Å²) in [7, 11) is -3.56. The molecule has 1 amide bonds. The monoisotopic (exact) mass is 493 g/mol. The Kier molecular flexibility index (Phi) is 6.83. The maximum Gasteiger partial charge on any atom is 0.252 e. The molecule has 0 saturated carbocycles. The summed E-state index contributed by atoms with van der Waals surface area (Å²) in [6.45, 7) is 4.98. The number of aromatic nitrogens is 1. The van der Waals surface area contributed by atoms with Crippen LogP contribution in [0.4, 0.5) is 0 Å². The number of hydrogen-bond acceptors (Lipinski definition) is 6. The molecule has 1 aliphatic rings. The van der Waals surface area contributed by atoms with Crippen LogP contribution in [-0.2, 0) is 21.4 Å². The van der Waals surface area contributed by atoms with Gasteiger partial charge in [0.05, 0.1) is 16.1 Å². The van der Waals surface area contributed by atoms with Crippen LogP contribution in [0, 0.1) is 5.92 Å². The molecule has 10 heteroatoms. The number of thiophene rings is 1. The first-order valence-electron chi connectivity index (χ1n) is 9.84. The van der Waals surface area contributed by atoms with E-state index in [0.29, 0.717) is 34.9 Å². The summed E-state index contributed by atoms with van der Waals surface area (Å²) >= 11 is 4.34. The molecule has 0 spiro atoms. The molecule has 6 nitrogen and oxygen atoms in total. The Morgan fingerprint density at radius 3 is 2.94 bits per heavy atom. The van der Waals surface area contributed by atoms with Crippen molar-refractivity contribution < 1.29 is 13.2 Å². The van der Waals surface area contributed by atoms with E-state index in [1.807, 2.05) is 16.9 Å². The Balaban J connectivity index is 1.64. The molecule has 3 heterocycles. The van der Waals surface area contributed by atoms with Crippen molar-refractivity contribution in [1.29, 1.82) is 0 Å². The first kappa shape index (κ1) is 22.5. The van der Waals surface area contributed by atoms with Crippen LogP contribution in [0.25, 0.3) is 10.2 Å². The molecule has 1 unspecified atom stereocenters. The van der Waals surface area contributed by atoms with Crippen LogP contribution in [0.5, 0.6) is 0 Å². The molecule has 1 aliphatic heterocycles. The van der Waals surface area contributed by atoms with Crippen LogP contribution in [0.1, 0.15) is 12.8 Å². The van der Waals surface area contributed by atoms with E-state index >= 15 is 0 Å². The predicted octanol–water partition coefficient (Wildman–Crippen LogP) is 4.20. The van der Waals surface area contributed by atoms with E-state index in [1.54, 1.807) is 35.4 Å². The number of carbonyl (C=O) groups excluding carboxylic acids is 1. The number of hydrogen-bond donors (Lipinski definition) is 0. The maximum atomic E-state index is 13.1. The zero-order chi connectivity index (χ0) is 22.0. The molecule has 1 atom stereocenters. The van der Waals surface area contributed by atoms with Crippen LogP contribution in [0.3, 0.4) is 0 Å². The summed E-state index contributed by atoms with van der Waals surface area (Å²) in [6, 6.07) is 9.53. The lowest BCUT2D eigenvalue weighted by Gasteiger charge is -2.29. The molecule has 4 rings (SSSR count). The number of amides is 1. The molecule has 0 bridgehead atoms. The third-order valence-electron chi connectivity index (χ3n) is 5.23. The molecular formula is C21H23N3O3S4. The molecule has 1 aromatic carbocycles. The molecular weight excluding hydrogens is 471 g/mol. The van der Waals surface area contributed by atoms with Gasteiger partial charge in [-0.15, -0.1) is 29.7 Å². The van der Waals surface area contributed by atoms with Gasteiger partial charge < -0.3 is 4.57 Å². The largest absolute Gasteiger partial charge is 0.313 e. The number of rotatable bonds is 6. The average Bonchev–Trinajstić information content (AvgIpc) is 3.43. The Bertz CT molecular complexity index is 1270. The number of thiazole rings is 1. The highest BCUT2D eigenvalue weighted by Gasteiger charge is 2.33. The zero-order valence-electron chi connectivity index (χ0n) is 17.1. The van der Waals surface area contributed by atoms with Crippen molar-refractivity contribution in [3.8, 4) is 0 Å². The van der Waals surface area contributed by atoms with Crippen LogP contribution in [0.15, 0.2) is 62.5 Å². The average molecular weight is 494 g/mol. The minimum absolute atomic E-state index is 0.172. The SMILES string of the molecule is C=CCn1c(=NC(=O)C2CCCN(S(=O)(=O)c3cccs3)C2)sc2cc(SC)ccc21. The van der Waals surface area contributed by atoms with Gasteiger partial charge in [0, 0.05) is 24.5 Å². The fourth-order valence-electron chi connectivity index (χ4n) is 3.66. The van der Waals surface area contributed by atoms with E-state index in [1.165, 1.54) is 27.0 Å². The van der Waals surface area contributed by atoms with Crippen molar-refractivity contribution in [2.45, 2.75) is 28.5 Å². The van der Waals surface area contributed by atoms with E-state index in [2.05, 4.69) is 23.7 Å². The lowest BCUT2D eigenvalue weighted by Crippen LogP contribution is -2.42. The van der Waals surface area contributed by atoms with E-state index < -0.39 is 15.9 Å². The quantitative estimate of drug-likeness (QED) is 0.381. The van der Waals surface area contributed by atoms with Crippen molar-refractivity contribution in [3.05, 3.63) is 53.2 Å². The summed E-state index contributed by atoms with van der Waals surface area (Å²) < 4.78 is 30.5. The van der Waals surface area contributed by atoms with Crippen molar-refractivity contribution in [3.63, 3.8) is 0 Å². The van der Waals surface area contributed by atoms with Gasteiger partial charge in [-0.05, 0) is 48.7 Å². The number of piperidine rings is 1. The van der Waals surface area contributed by atoms with Gasteiger partial charge in [0.2, 0.25) is 0 Å². The second-order valence-corrected chi connectivity index (χ2v) is 12.2. The topological polar surface area (TPSA) is 71.7 Å². The highest BCUT2D eigenvalue weighted by atomic mass is 32.2. The van der Waals surface area contributed by atoms with Gasteiger partial charge in [-0.25, -0.2) is 8.42 Å². The Morgan fingerprint density at radius 2 is 2.23 bits per heavy atom. The second kappa shape index (κ2) is 9.41. The Labute approximate surface area is 194 Å². The molecule has 1 saturated heterocycles. The van der Waals surface area contributed by atoms with Gasteiger partial charge in [-0.1, -0.05) is 23.5 Å². The van der Waals surface area contributed by atoms with E-state index in [9.17, 15) is 13.2 Å². The minimum Gasteiger partial charge on any atom is -0.313 e. The van der Waals surface area contributed by atoms with Gasteiger partial charge in [0.1, 0.15) is 4.21 Å². The highest BCUT2D eigenvalue weighted by Crippen LogP contribution is 2.27. The third-order valence-corrected chi connectivity index (χ3v) is 10.2. The maximum absolute atomic E-state index is 13.1. The van der Waals surface area contributed by atoms with Gasteiger partial charge in [-0.3, -0.25) is 4.79 Å². The Morgan fingerprint density at radius 1 is 1.39 bits per heavy atom. The molecule has 164 valence electrons. The fourth-order valence-corrected chi connectivity index (χ4v) is 7.92. The standard InChI is InChI=1S/C21H23N3O3S4/c1-3-10-24-17-9-8-16(28-2)13-18(17)30-21(24)22-20(25)15-6-4-11-23(14-15)31(26,27)19-7-5-12-29-19/h3,5,7-9,12-13,15H,1,4,6,10-11,14H2,2H3. The van der Waals surface area contributed by atoms with Crippen molar-refractivity contribution in [2.75, 3.05) is 19.3 Å². The van der Waals surface area contributed by atoms with E-state index in [-0.39, 0.29) is 12.5 Å². The first-order valence-corrected chi connectivity index (χ1v) is 14.2. The highest BCUT2D eigenvalue weighted by molar-refractivity contribution is 7.98. The Hall–Kier alpha value is -1.72. The predicted molar refractivity (Wildman–Crippen MR) is 128 cm³/mol. The first-order chi connectivity index (χ1) is 14.9. The molecule has 0 N–H and O–H groups in total. The summed E-state index contributed by atoms with van der Waals surface area (Å²) in [5.74, 6) is -0.701. The summed E-state index contributed by atoms with van der Waals surface area (Å²) in [6.07, 6.45) is 5.10. The summed E-state index contributed by atoms with van der Waals surface area (Å²) in [5, 5.41) is 1.75. The number of nitrogens with zero attached hydrogens (tertiary/aromatic N) is 3. The second-order valence-electron chi connectivity index (χ2n) is 7.20. The number of carbonyl (C=O) groups is 1. The molecule has 3 aromatic rings. The molecule has 31 heavy (non-hydrogen) atoms. The number of sulfonamides is 1. The molecule has 0 radical (unpaired) electrons. The van der Waals surface area contributed by atoms with Crippen molar-refractivity contribution in [2.24, 2.45) is 10.9 Å². The summed E-state index contributed by atoms with van der Waals surface area (Å²) in [5.41, 5.74) is 1.01. The summed E-state index contributed by atoms with van der Waals surface area (Å²) in [4.78, 5) is 19.3. The fraction of sp³-hybridized carbons (Fsp3) is 0.333. The molecule has 0 aliphatic carbocycles. The van der Waals surface area contributed by atoms with E-state index in [0.717, 1.165) is 15.1 Å². The number of allylic oxidation sites excluding steroid dienone is 1. The normalized spacial score (nSPS) is 18.5. The smallest absolute Gasteiger partial charge is 0.252 e.